The Morgan fingerprint density at radius 1 is 1.07 bits per heavy atom. The molecule has 1 unspecified atom stereocenters. The molecule has 0 bridgehead atoms. The summed E-state index contributed by atoms with van der Waals surface area (Å²) in [6.45, 7) is 1.63. The van der Waals surface area contributed by atoms with Crippen LogP contribution in [0.25, 0.3) is 5.70 Å². The van der Waals surface area contributed by atoms with Crippen LogP contribution < -0.4 is 19.7 Å². The minimum atomic E-state index is -0.483. The molecule has 29 heavy (non-hydrogen) atoms. The molecule has 1 N–H and O–H groups in total. The van der Waals surface area contributed by atoms with Crippen molar-refractivity contribution < 1.29 is 19.0 Å². The van der Waals surface area contributed by atoms with Crippen molar-refractivity contribution in [1.82, 2.24) is 10.4 Å². The Hall–Kier alpha value is -2.70. The van der Waals surface area contributed by atoms with Crippen molar-refractivity contribution in [3.05, 3.63) is 59.2 Å². The molecule has 2 aliphatic rings. The number of nitrogens with zero attached hydrogens (tertiary/aromatic N) is 1. The Balaban J connectivity index is 1.61. The number of benzene rings is 2. The van der Waals surface area contributed by atoms with E-state index in [1.54, 1.807) is 14.2 Å². The van der Waals surface area contributed by atoms with E-state index in [4.69, 9.17) is 19.0 Å². The van der Waals surface area contributed by atoms with E-state index < -0.39 is 5.60 Å². The van der Waals surface area contributed by atoms with Crippen molar-refractivity contribution >= 4 is 5.70 Å². The highest BCUT2D eigenvalue weighted by molar-refractivity contribution is 5.80. The second-order valence-electron chi connectivity index (χ2n) is 7.63. The molecule has 2 aromatic rings. The zero-order chi connectivity index (χ0) is 20.4. The molecule has 0 saturated heterocycles. The molecule has 0 aromatic heterocycles. The lowest BCUT2D eigenvalue weighted by atomic mass is 10.0. The average Bonchev–Trinajstić information content (AvgIpc) is 3.47. The Kier molecular flexibility index (Phi) is 5.39. The molecule has 1 atom stereocenters. The van der Waals surface area contributed by atoms with E-state index in [1.165, 1.54) is 5.57 Å². The van der Waals surface area contributed by atoms with Crippen molar-refractivity contribution in [1.29, 1.82) is 0 Å². The summed E-state index contributed by atoms with van der Waals surface area (Å²) in [7, 11) is 7.42. The lowest BCUT2D eigenvalue weighted by Crippen LogP contribution is -2.25. The summed E-state index contributed by atoms with van der Waals surface area (Å²) < 4.78 is 17.4. The summed E-state index contributed by atoms with van der Waals surface area (Å²) >= 11 is 0. The van der Waals surface area contributed by atoms with Gasteiger partial charge in [0.2, 0.25) is 0 Å². The molecule has 0 spiro atoms. The van der Waals surface area contributed by atoms with Crippen LogP contribution in [0.4, 0.5) is 0 Å². The minimum absolute atomic E-state index is 0.483. The first-order valence-corrected chi connectivity index (χ1v) is 9.86. The maximum absolute atomic E-state index is 6.49. The number of hydroxylamine groups is 1. The van der Waals surface area contributed by atoms with E-state index >= 15 is 0 Å². The third-order valence-corrected chi connectivity index (χ3v) is 5.41. The quantitative estimate of drug-likeness (QED) is 0.517. The van der Waals surface area contributed by atoms with Crippen LogP contribution in [0.15, 0.2) is 48.0 Å². The molecule has 1 aliphatic heterocycles. The summed E-state index contributed by atoms with van der Waals surface area (Å²) in [6.07, 6.45) is 1.77. The molecule has 1 saturated carbocycles. The molecule has 6 heteroatoms. The highest BCUT2D eigenvalue weighted by Gasteiger charge is 2.58. The Bertz CT molecular complexity index is 925. The van der Waals surface area contributed by atoms with Crippen molar-refractivity contribution in [3.8, 4) is 17.2 Å². The fourth-order valence-corrected chi connectivity index (χ4v) is 3.82. The van der Waals surface area contributed by atoms with Crippen molar-refractivity contribution in [3.63, 3.8) is 0 Å². The van der Waals surface area contributed by atoms with Crippen LogP contribution in [-0.4, -0.2) is 46.4 Å². The fraction of sp³-hybridized carbons (Fsp3) is 0.391. The van der Waals surface area contributed by atoms with Gasteiger partial charge in [-0.25, -0.2) is 0 Å². The minimum Gasteiger partial charge on any atom is -0.493 e. The van der Waals surface area contributed by atoms with Crippen LogP contribution in [0.5, 0.6) is 17.2 Å². The molecule has 4 rings (SSSR count). The Morgan fingerprint density at radius 3 is 2.62 bits per heavy atom. The number of methoxy groups -OCH3 is 2. The van der Waals surface area contributed by atoms with Crippen LogP contribution in [0.2, 0.25) is 0 Å². The van der Waals surface area contributed by atoms with Crippen LogP contribution in [0.1, 0.15) is 24.0 Å². The van der Waals surface area contributed by atoms with Gasteiger partial charge in [0.05, 0.1) is 26.5 Å². The number of fused-ring (bicyclic) bond motifs is 2. The van der Waals surface area contributed by atoms with E-state index in [0.29, 0.717) is 18.1 Å². The number of ether oxygens (including phenoxy) is 3. The molecule has 1 heterocycles. The van der Waals surface area contributed by atoms with Crippen molar-refractivity contribution in [2.24, 2.45) is 0 Å². The maximum atomic E-state index is 6.49. The van der Waals surface area contributed by atoms with Crippen LogP contribution in [0.3, 0.4) is 0 Å². The van der Waals surface area contributed by atoms with Crippen LogP contribution in [0, 0.1) is 0 Å². The summed E-state index contributed by atoms with van der Waals surface area (Å²) in [5.74, 6) is 2.25. The second-order valence-corrected chi connectivity index (χ2v) is 7.63. The number of nitrogens with one attached hydrogen (secondary N) is 1. The molecule has 0 radical (unpaired) electrons. The molecule has 1 aliphatic carbocycles. The molecular formula is C23H28N2O4. The summed E-state index contributed by atoms with van der Waals surface area (Å²) in [6, 6.07) is 14.0. The normalized spacial score (nSPS) is 19.3. The van der Waals surface area contributed by atoms with Crippen molar-refractivity contribution in [2.45, 2.75) is 18.4 Å². The van der Waals surface area contributed by atoms with Gasteiger partial charge >= 0.3 is 0 Å². The molecule has 0 amide bonds. The fourth-order valence-electron chi connectivity index (χ4n) is 3.82. The van der Waals surface area contributed by atoms with Gasteiger partial charge in [0, 0.05) is 23.1 Å². The molecule has 154 valence electrons. The first-order valence-electron chi connectivity index (χ1n) is 9.86. The topological polar surface area (TPSA) is 52.2 Å². The van der Waals surface area contributed by atoms with E-state index in [9.17, 15) is 0 Å². The predicted octanol–water partition coefficient (Wildman–Crippen LogP) is 3.58. The first kappa shape index (κ1) is 19.6. The smallest absolute Gasteiger partial charge is 0.162 e. The van der Waals surface area contributed by atoms with Gasteiger partial charge in [-0.1, -0.05) is 18.2 Å². The average molecular weight is 396 g/mol. The van der Waals surface area contributed by atoms with E-state index in [2.05, 4.69) is 30.5 Å². The van der Waals surface area contributed by atoms with Crippen LogP contribution in [-0.2, 0) is 10.4 Å². The maximum Gasteiger partial charge on any atom is 0.162 e. The third-order valence-electron chi connectivity index (χ3n) is 5.41. The van der Waals surface area contributed by atoms with E-state index in [-0.39, 0.29) is 0 Å². The van der Waals surface area contributed by atoms with E-state index in [1.807, 2.05) is 36.4 Å². The van der Waals surface area contributed by atoms with Gasteiger partial charge in [-0.15, -0.1) is 0 Å². The number of para-hydroxylation sites is 1. The molecule has 6 nitrogen and oxygen atoms in total. The second kappa shape index (κ2) is 7.97. The Labute approximate surface area is 172 Å². The summed E-state index contributed by atoms with van der Waals surface area (Å²) in [4.78, 5) is 7.96. The zero-order valence-electron chi connectivity index (χ0n) is 17.5. The summed E-state index contributed by atoms with van der Waals surface area (Å²) in [5.41, 5.74) is 7.01. The molecular weight excluding hydrogens is 368 g/mol. The number of rotatable bonds is 9. The van der Waals surface area contributed by atoms with Gasteiger partial charge in [0.1, 0.15) is 5.75 Å². The highest BCUT2D eigenvalue weighted by Crippen LogP contribution is 2.61. The van der Waals surface area contributed by atoms with Gasteiger partial charge in [-0.2, -0.15) is 0 Å². The van der Waals surface area contributed by atoms with Crippen molar-refractivity contribution in [2.75, 3.05) is 41.5 Å². The van der Waals surface area contributed by atoms with Gasteiger partial charge in [0.15, 0.2) is 17.1 Å². The monoisotopic (exact) mass is 396 g/mol. The lowest BCUT2D eigenvalue weighted by Gasteiger charge is -2.27. The van der Waals surface area contributed by atoms with Gasteiger partial charge in [0.25, 0.3) is 0 Å². The largest absolute Gasteiger partial charge is 0.493 e. The van der Waals surface area contributed by atoms with Gasteiger partial charge in [-0.05, 0) is 51.3 Å². The number of hydrogen-bond acceptors (Lipinski definition) is 6. The third kappa shape index (κ3) is 3.66. The standard InChI is InChI=1S/C23H28N2O4/c1-25(2)12-7-13-28-24-22-17-8-5-6-9-19(17)29-23(15-18(22)23)16-10-11-20(26-3)21(14-16)27-4/h5-6,8-11,14,24H,7,12-13,15H2,1-4H3. The van der Waals surface area contributed by atoms with E-state index in [0.717, 1.165) is 42.0 Å². The van der Waals surface area contributed by atoms with Gasteiger partial charge in [-0.3, -0.25) is 10.3 Å². The summed E-state index contributed by atoms with van der Waals surface area (Å²) in [5, 5.41) is 0. The molecule has 1 fully saturated rings. The van der Waals surface area contributed by atoms with Crippen LogP contribution >= 0.6 is 0 Å². The Morgan fingerprint density at radius 2 is 1.86 bits per heavy atom. The number of hydrogen-bond donors (Lipinski definition) is 1. The predicted molar refractivity (Wildman–Crippen MR) is 112 cm³/mol. The zero-order valence-corrected chi connectivity index (χ0v) is 17.5. The first-order chi connectivity index (χ1) is 14.1. The van der Waals surface area contributed by atoms with Gasteiger partial charge < -0.3 is 19.1 Å². The highest BCUT2D eigenvalue weighted by atomic mass is 16.6. The molecule has 2 aromatic carbocycles. The SMILES string of the molecule is COc1ccc(C23CC2=C(NOCCCN(C)C)c2ccccc2O3)cc1OC. The lowest BCUT2D eigenvalue weighted by molar-refractivity contribution is 0.0708.